The molecule has 0 bridgehead atoms. The zero-order valence-electron chi connectivity index (χ0n) is 16.4. The molecule has 3 heterocycles. The summed E-state index contributed by atoms with van der Waals surface area (Å²) < 4.78 is 2.07. The molecule has 9 heteroatoms. The van der Waals surface area contributed by atoms with Gasteiger partial charge in [-0.05, 0) is 29.9 Å². The van der Waals surface area contributed by atoms with E-state index in [1.165, 1.54) is 11.8 Å². The number of primary amides is 1. The molecule has 1 saturated heterocycles. The number of aromatic nitrogens is 3. The summed E-state index contributed by atoms with van der Waals surface area (Å²) in [6, 6.07) is 14.2. The molecule has 1 fully saturated rings. The lowest BCUT2D eigenvalue weighted by molar-refractivity contribution is -0.132. The molecule has 3 aromatic rings. The number of hydrogen-bond donors (Lipinski definition) is 1. The summed E-state index contributed by atoms with van der Waals surface area (Å²) in [4.78, 5) is 26.9. The van der Waals surface area contributed by atoms with Gasteiger partial charge in [0.05, 0.1) is 17.2 Å². The molecular formula is C21H23N5O2S2. The first kappa shape index (κ1) is 20.6. The first-order valence-electron chi connectivity index (χ1n) is 9.82. The van der Waals surface area contributed by atoms with Crippen LogP contribution in [0.5, 0.6) is 0 Å². The average molecular weight is 442 g/mol. The van der Waals surface area contributed by atoms with E-state index in [1.807, 2.05) is 40.6 Å². The number of piperidine rings is 1. The highest BCUT2D eigenvalue weighted by atomic mass is 32.2. The Kier molecular flexibility index (Phi) is 6.49. The van der Waals surface area contributed by atoms with Crippen molar-refractivity contribution in [2.24, 2.45) is 11.7 Å². The van der Waals surface area contributed by atoms with E-state index in [0.29, 0.717) is 38.2 Å². The molecule has 2 N–H and O–H groups in total. The summed E-state index contributed by atoms with van der Waals surface area (Å²) in [5.74, 6) is 0.759. The molecule has 2 aromatic heterocycles. The fourth-order valence-corrected chi connectivity index (χ4v) is 5.08. The molecule has 0 atom stereocenters. The number of hydrogen-bond acceptors (Lipinski definition) is 6. The van der Waals surface area contributed by atoms with Crippen LogP contribution in [0.25, 0.3) is 10.7 Å². The third-order valence-corrected chi connectivity index (χ3v) is 7.03. The molecule has 0 spiro atoms. The van der Waals surface area contributed by atoms with Gasteiger partial charge in [-0.15, -0.1) is 21.5 Å². The van der Waals surface area contributed by atoms with E-state index < -0.39 is 0 Å². The summed E-state index contributed by atoms with van der Waals surface area (Å²) in [6.07, 6.45) is 1.27. The third kappa shape index (κ3) is 4.73. The lowest BCUT2D eigenvalue weighted by atomic mass is 9.96. The number of carbonyl (C=O) groups is 2. The number of likely N-dealkylation sites (tertiary alicyclic amines) is 1. The van der Waals surface area contributed by atoms with E-state index in [4.69, 9.17) is 5.73 Å². The third-order valence-electron chi connectivity index (χ3n) is 5.22. The van der Waals surface area contributed by atoms with Gasteiger partial charge in [0.2, 0.25) is 11.8 Å². The minimum absolute atomic E-state index is 0.0508. The lowest BCUT2D eigenvalue weighted by Crippen LogP contribution is -2.42. The second kappa shape index (κ2) is 9.44. The van der Waals surface area contributed by atoms with Gasteiger partial charge in [-0.3, -0.25) is 14.2 Å². The highest BCUT2D eigenvalue weighted by Gasteiger charge is 2.26. The smallest absolute Gasteiger partial charge is 0.233 e. The highest BCUT2D eigenvalue weighted by molar-refractivity contribution is 7.99. The van der Waals surface area contributed by atoms with Gasteiger partial charge in [0.15, 0.2) is 11.0 Å². The summed E-state index contributed by atoms with van der Waals surface area (Å²) in [7, 11) is 0. The molecule has 7 nitrogen and oxygen atoms in total. The molecule has 1 aliphatic rings. The van der Waals surface area contributed by atoms with Crippen LogP contribution < -0.4 is 5.73 Å². The normalized spacial score (nSPS) is 14.7. The highest BCUT2D eigenvalue weighted by Crippen LogP contribution is 2.28. The summed E-state index contributed by atoms with van der Waals surface area (Å²) in [5, 5.41) is 11.5. The SMILES string of the molecule is NC(=O)C1CCN(C(=O)CSc2nnc(-c3cccs3)n2Cc2ccccc2)CC1. The zero-order valence-corrected chi connectivity index (χ0v) is 18.1. The topological polar surface area (TPSA) is 94.1 Å². The number of nitrogens with two attached hydrogens (primary N) is 1. The molecule has 2 amide bonds. The van der Waals surface area contributed by atoms with Crippen LogP contribution in [0.3, 0.4) is 0 Å². The molecule has 156 valence electrons. The Morgan fingerprint density at radius 2 is 1.87 bits per heavy atom. The van der Waals surface area contributed by atoms with Crippen LogP contribution in [0, 0.1) is 5.92 Å². The first-order valence-corrected chi connectivity index (χ1v) is 11.7. The fraction of sp³-hybridized carbons (Fsp3) is 0.333. The molecule has 0 aliphatic carbocycles. The number of amides is 2. The van der Waals surface area contributed by atoms with Crippen molar-refractivity contribution in [2.75, 3.05) is 18.8 Å². The van der Waals surface area contributed by atoms with Gasteiger partial charge in [-0.1, -0.05) is 48.2 Å². The maximum atomic E-state index is 12.7. The van der Waals surface area contributed by atoms with Crippen molar-refractivity contribution in [3.8, 4) is 10.7 Å². The van der Waals surface area contributed by atoms with Crippen LogP contribution >= 0.6 is 23.1 Å². The molecule has 1 aliphatic heterocycles. The van der Waals surface area contributed by atoms with Gasteiger partial charge in [0.25, 0.3) is 0 Å². The van der Waals surface area contributed by atoms with E-state index in [2.05, 4.69) is 26.9 Å². The van der Waals surface area contributed by atoms with Crippen molar-refractivity contribution in [3.05, 3.63) is 53.4 Å². The Labute approximate surface area is 183 Å². The number of thiophene rings is 1. The largest absolute Gasteiger partial charge is 0.369 e. The van der Waals surface area contributed by atoms with E-state index >= 15 is 0 Å². The average Bonchev–Trinajstić information content (AvgIpc) is 3.43. The van der Waals surface area contributed by atoms with E-state index in [0.717, 1.165) is 21.4 Å². The Hall–Kier alpha value is -2.65. The maximum Gasteiger partial charge on any atom is 0.233 e. The number of thioether (sulfide) groups is 1. The quantitative estimate of drug-likeness (QED) is 0.569. The molecular weight excluding hydrogens is 418 g/mol. The van der Waals surface area contributed by atoms with Crippen molar-refractivity contribution in [1.29, 1.82) is 0 Å². The Morgan fingerprint density at radius 1 is 1.10 bits per heavy atom. The minimum atomic E-state index is -0.272. The van der Waals surface area contributed by atoms with Crippen LogP contribution in [0.2, 0.25) is 0 Å². The predicted molar refractivity (Wildman–Crippen MR) is 118 cm³/mol. The predicted octanol–water partition coefficient (Wildman–Crippen LogP) is 2.87. The minimum Gasteiger partial charge on any atom is -0.369 e. The molecule has 1 aromatic carbocycles. The molecule has 0 unspecified atom stereocenters. The number of nitrogens with zero attached hydrogens (tertiary/aromatic N) is 4. The zero-order chi connectivity index (χ0) is 20.9. The Morgan fingerprint density at radius 3 is 2.53 bits per heavy atom. The number of carbonyl (C=O) groups excluding carboxylic acids is 2. The summed E-state index contributed by atoms with van der Waals surface area (Å²) in [5.41, 5.74) is 6.53. The summed E-state index contributed by atoms with van der Waals surface area (Å²) in [6.45, 7) is 1.79. The van der Waals surface area contributed by atoms with Crippen LogP contribution in [-0.2, 0) is 16.1 Å². The summed E-state index contributed by atoms with van der Waals surface area (Å²) >= 11 is 3.02. The van der Waals surface area contributed by atoms with Crippen molar-refractivity contribution >= 4 is 34.9 Å². The maximum absolute atomic E-state index is 12.7. The van der Waals surface area contributed by atoms with Gasteiger partial charge in [-0.25, -0.2) is 0 Å². The Balaban J connectivity index is 1.46. The van der Waals surface area contributed by atoms with Crippen molar-refractivity contribution in [3.63, 3.8) is 0 Å². The van der Waals surface area contributed by atoms with Gasteiger partial charge >= 0.3 is 0 Å². The van der Waals surface area contributed by atoms with E-state index in [1.54, 1.807) is 11.3 Å². The van der Waals surface area contributed by atoms with Gasteiger partial charge in [0, 0.05) is 19.0 Å². The van der Waals surface area contributed by atoms with E-state index in [-0.39, 0.29) is 17.7 Å². The van der Waals surface area contributed by atoms with Gasteiger partial charge in [0.1, 0.15) is 0 Å². The van der Waals surface area contributed by atoms with Crippen LogP contribution in [-0.4, -0.2) is 50.3 Å². The standard InChI is InChI=1S/C21H23N5O2S2/c22-19(28)16-8-10-25(11-9-16)18(27)14-30-21-24-23-20(17-7-4-12-29-17)26(21)13-15-5-2-1-3-6-15/h1-7,12,16H,8-11,13-14H2,(H2,22,28). The lowest BCUT2D eigenvalue weighted by Gasteiger charge is -2.30. The van der Waals surface area contributed by atoms with Crippen molar-refractivity contribution in [2.45, 2.75) is 24.5 Å². The fourth-order valence-electron chi connectivity index (χ4n) is 3.52. The van der Waals surface area contributed by atoms with Crippen LogP contribution in [0.4, 0.5) is 0 Å². The molecule has 0 saturated carbocycles. The van der Waals surface area contributed by atoms with Gasteiger partial charge < -0.3 is 10.6 Å². The van der Waals surface area contributed by atoms with Gasteiger partial charge in [-0.2, -0.15) is 0 Å². The Bertz CT molecular complexity index is 996. The second-order valence-corrected chi connectivity index (χ2v) is 9.09. The molecule has 30 heavy (non-hydrogen) atoms. The molecule has 0 radical (unpaired) electrons. The monoisotopic (exact) mass is 441 g/mol. The van der Waals surface area contributed by atoms with E-state index in [9.17, 15) is 9.59 Å². The molecule has 4 rings (SSSR count). The van der Waals surface area contributed by atoms with Crippen molar-refractivity contribution in [1.82, 2.24) is 19.7 Å². The van der Waals surface area contributed by atoms with Crippen molar-refractivity contribution < 1.29 is 9.59 Å². The first-order chi connectivity index (χ1) is 14.6. The van der Waals surface area contributed by atoms with Crippen LogP contribution in [0.1, 0.15) is 18.4 Å². The number of rotatable bonds is 7. The number of benzene rings is 1. The second-order valence-electron chi connectivity index (χ2n) is 7.20. The van der Waals surface area contributed by atoms with Crippen LogP contribution in [0.15, 0.2) is 53.0 Å².